The number of hydrogen-bond acceptors (Lipinski definition) is 5. The lowest BCUT2D eigenvalue weighted by atomic mass is 10.2. The molecule has 2 rings (SSSR count). The minimum atomic E-state index is 0.481. The molecule has 1 saturated carbocycles. The van der Waals surface area contributed by atoms with Crippen molar-refractivity contribution in [1.29, 1.82) is 0 Å². The first kappa shape index (κ1) is 12.9. The van der Waals surface area contributed by atoms with E-state index in [1.807, 2.05) is 0 Å². The Bertz CT molecular complexity index is 402. The predicted molar refractivity (Wildman–Crippen MR) is 72.9 cm³/mol. The van der Waals surface area contributed by atoms with Gasteiger partial charge in [-0.05, 0) is 19.3 Å². The highest BCUT2D eigenvalue weighted by molar-refractivity contribution is 5.67. The van der Waals surface area contributed by atoms with E-state index in [1.54, 1.807) is 7.11 Å². The summed E-state index contributed by atoms with van der Waals surface area (Å²) in [4.78, 5) is 8.82. The molecule has 1 fully saturated rings. The molecule has 0 aliphatic heterocycles. The summed E-state index contributed by atoms with van der Waals surface area (Å²) in [6.07, 6.45) is 6.79. The average Bonchev–Trinajstić information content (AvgIpc) is 2.86. The number of aryl methyl sites for hydroxylation is 1. The molecule has 0 aromatic carbocycles. The lowest BCUT2D eigenvalue weighted by molar-refractivity contribution is 0.397. The van der Waals surface area contributed by atoms with Crippen LogP contribution in [0.1, 0.15) is 44.9 Å². The van der Waals surface area contributed by atoms with Gasteiger partial charge in [0.1, 0.15) is 11.5 Å². The molecule has 1 aromatic heterocycles. The molecule has 0 unspecified atom stereocenters. The second-order valence-corrected chi connectivity index (χ2v) is 4.79. The maximum atomic E-state index is 6.02. The Morgan fingerprint density at radius 3 is 2.67 bits per heavy atom. The van der Waals surface area contributed by atoms with Crippen LogP contribution in [-0.4, -0.2) is 23.1 Å². The molecule has 18 heavy (non-hydrogen) atoms. The van der Waals surface area contributed by atoms with E-state index < -0.39 is 0 Å². The molecule has 1 heterocycles. The molecule has 3 N–H and O–H groups in total. The molecule has 0 bridgehead atoms. The Labute approximate surface area is 108 Å². The Hall–Kier alpha value is -1.52. The first-order valence-corrected chi connectivity index (χ1v) is 6.71. The second-order valence-electron chi connectivity index (χ2n) is 4.79. The monoisotopic (exact) mass is 250 g/mol. The third kappa shape index (κ3) is 2.83. The zero-order valence-electron chi connectivity index (χ0n) is 11.2. The molecule has 0 atom stereocenters. The summed E-state index contributed by atoms with van der Waals surface area (Å²) in [7, 11) is 1.59. The lowest BCUT2D eigenvalue weighted by Gasteiger charge is -2.16. The third-order valence-corrected chi connectivity index (χ3v) is 3.32. The molecular weight excluding hydrogens is 228 g/mol. The Morgan fingerprint density at radius 2 is 2.06 bits per heavy atom. The van der Waals surface area contributed by atoms with Gasteiger partial charge in [-0.2, -0.15) is 4.98 Å². The molecule has 0 spiro atoms. The Kier molecular flexibility index (Phi) is 4.23. The van der Waals surface area contributed by atoms with Crippen LogP contribution in [0.5, 0.6) is 5.88 Å². The van der Waals surface area contributed by atoms with E-state index in [9.17, 15) is 0 Å². The normalized spacial score (nSPS) is 15.9. The fraction of sp³-hybridized carbons (Fsp3) is 0.692. The van der Waals surface area contributed by atoms with Crippen LogP contribution >= 0.6 is 0 Å². The second kappa shape index (κ2) is 5.89. The van der Waals surface area contributed by atoms with Gasteiger partial charge < -0.3 is 15.8 Å². The van der Waals surface area contributed by atoms with Crippen molar-refractivity contribution >= 4 is 11.5 Å². The Morgan fingerprint density at radius 1 is 1.33 bits per heavy atom. The van der Waals surface area contributed by atoms with Crippen molar-refractivity contribution in [2.75, 3.05) is 18.2 Å². The number of nitrogen functional groups attached to an aromatic ring is 1. The number of nitrogens with two attached hydrogens (primary N) is 1. The van der Waals surface area contributed by atoms with Gasteiger partial charge in [0.25, 0.3) is 0 Å². The van der Waals surface area contributed by atoms with Crippen LogP contribution < -0.4 is 15.8 Å². The van der Waals surface area contributed by atoms with Gasteiger partial charge >= 0.3 is 0 Å². The van der Waals surface area contributed by atoms with E-state index in [0.717, 1.165) is 24.5 Å². The van der Waals surface area contributed by atoms with Crippen LogP contribution in [0.25, 0.3) is 0 Å². The summed E-state index contributed by atoms with van der Waals surface area (Å²) in [5, 5.41) is 3.43. The zero-order chi connectivity index (χ0) is 13.0. The maximum Gasteiger partial charge on any atom is 0.242 e. The van der Waals surface area contributed by atoms with Crippen molar-refractivity contribution in [2.24, 2.45) is 0 Å². The summed E-state index contributed by atoms with van der Waals surface area (Å²) >= 11 is 0. The number of anilines is 2. The minimum Gasteiger partial charge on any atom is -0.479 e. The number of ether oxygens (including phenoxy) is 1. The van der Waals surface area contributed by atoms with Gasteiger partial charge in [-0.15, -0.1) is 0 Å². The molecule has 100 valence electrons. The lowest BCUT2D eigenvalue weighted by Crippen LogP contribution is -2.18. The molecule has 5 heteroatoms. The predicted octanol–water partition coefficient (Wildman–Crippen LogP) is 2.37. The average molecular weight is 250 g/mol. The van der Waals surface area contributed by atoms with Gasteiger partial charge in [-0.25, -0.2) is 4.98 Å². The topological polar surface area (TPSA) is 73.1 Å². The first-order chi connectivity index (χ1) is 8.74. The van der Waals surface area contributed by atoms with Crippen LogP contribution in [0.2, 0.25) is 0 Å². The summed E-state index contributed by atoms with van der Waals surface area (Å²) in [5.41, 5.74) is 6.54. The largest absolute Gasteiger partial charge is 0.479 e. The molecule has 1 aromatic rings. The van der Waals surface area contributed by atoms with Crippen molar-refractivity contribution in [3.8, 4) is 5.88 Å². The number of aromatic nitrogens is 2. The SMILES string of the molecule is CCCc1nc(NC2CCCC2)c(N)c(OC)n1. The standard InChI is InChI=1S/C13H22N4O/c1-3-6-10-16-12(11(14)13(17-10)18-2)15-9-7-4-5-8-9/h9H,3-8,14H2,1-2H3,(H,15,16,17). The van der Waals surface area contributed by atoms with Crippen LogP contribution in [0.4, 0.5) is 11.5 Å². The van der Waals surface area contributed by atoms with E-state index in [-0.39, 0.29) is 0 Å². The smallest absolute Gasteiger partial charge is 0.242 e. The number of hydrogen-bond donors (Lipinski definition) is 2. The van der Waals surface area contributed by atoms with Crippen LogP contribution in [0.3, 0.4) is 0 Å². The number of nitrogens with zero attached hydrogens (tertiary/aromatic N) is 2. The molecule has 0 amide bonds. The van der Waals surface area contributed by atoms with Crippen LogP contribution in [-0.2, 0) is 6.42 Å². The van der Waals surface area contributed by atoms with E-state index in [0.29, 0.717) is 17.6 Å². The Balaban J connectivity index is 2.22. The molecule has 1 aliphatic carbocycles. The van der Waals surface area contributed by atoms with Gasteiger partial charge in [-0.3, -0.25) is 0 Å². The molecule has 0 saturated heterocycles. The third-order valence-electron chi connectivity index (χ3n) is 3.32. The van der Waals surface area contributed by atoms with Gasteiger partial charge in [0.2, 0.25) is 5.88 Å². The van der Waals surface area contributed by atoms with E-state index in [2.05, 4.69) is 22.2 Å². The van der Waals surface area contributed by atoms with Crippen molar-refractivity contribution in [3.05, 3.63) is 5.82 Å². The van der Waals surface area contributed by atoms with E-state index in [4.69, 9.17) is 10.5 Å². The number of nitrogens with one attached hydrogen (secondary N) is 1. The fourth-order valence-corrected chi connectivity index (χ4v) is 2.36. The van der Waals surface area contributed by atoms with E-state index >= 15 is 0 Å². The van der Waals surface area contributed by atoms with Gasteiger partial charge in [0, 0.05) is 12.5 Å². The summed E-state index contributed by atoms with van der Waals surface area (Å²) in [6.45, 7) is 2.11. The highest BCUT2D eigenvalue weighted by atomic mass is 16.5. The summed E-state index contributed by atoms with van der Waals surface area (Å²) in [6, 6.07) is 0.487. The first-order valence-electron chi connectivity index (χ1n) is 6.71. The van der Waals surface area contributed by atoms with Crippen molar-refractivity contribution in [2.45, 2.75) is 51.5 Å². The van der Waals surface area contributed by atoms with Crippen molar-refractivity contribution in [1.82, 2.24) is 9.97 Å². The zero-order valence-corrected chi connectivity index (χ0v) is 11.2. The van der Waals surface area contributed by atoms with E-state index in [1.165, 1.54) is 25.7 Å². The van der Waals surface area contributed by atoms with Gasteiger partial charge in [0.05, 0.1) is 7.11 Å². The summed E-state index contributed by atoms with van der Waals surface area (Å²) < 4.78 is 5.22. The maximum absolute atomic E-state index is 6.02. The van der Waals surface area contributed by atoms with Crippen molar-refractivity contribution in [3.63, 3.8) is 0 Å². The quantitative estimate of drug-likeness (QED) is 0.839. The molecular formula is C13H22N4O. The number of rotatable bonds is 5. The van der Waals surface area contributed by atoms with Crippen LogP contribution in [0, 0.1) is 0 Å². The fourth-order valence-electron chi connectivity index (χ4n) is 2.36. The van der Waals surface area contributed by atoms with Crippen molar-refractivity contribution < 1.29 is 4.74 Å². The molecule has 5 nitrogen and oxygen atoms in total. The number of methoxy groups -OCH3 is 1. The van der Waals surface area contributed by atoms with Gasteiger partial charge in [-0.1, -0.05) is 19.8 Å². The van der Waals surface area contributed by atoms with Crippen LogP contribution in [0.15, 0.2) is 0 Å². The minimum absolute atomic E-state index is 0.481. The highest BCUT2D eigenvalue weighted by Crippen LogP contribution is 2.29. The summed E-state index contributed by atoms with van der Waals surface area (Å²) in [5.74, 6) is 2.01. The van der Waals surface area contributed by atoms with Gasteiger partial charge in [0.15, 0.2) is 5.82 Å². The molecule has 0 radical (unpaired) electrons. The molecule has 1 aliphatic rings. The highest BCUT2D eigenvalue weighted by Gasteiger charge is 2.19.